The maximum absolute atomic E-state index is 5.34. The molecule has 134 valence electrons. The van der Waals surface area contributed by atoms with E-state index in [4.69, 9.17) is 9.47 Å². The molecule has 0 unspecified atom stereocenters. The third-order valence-corrected chi connectivity index (χ3v) is 5.02. The molecular weight excluding hydrogens is 414 g/mol. The molecule has 0 aliphatic rings. The van der Waals surface area contributed by atoms with Crippen LogP contribution in [-0.4, -0.2) is 25.4 Å². The number of rotatable bonds is 6. The molecule has 0 atom stereocenters. The van der Waals surface area contributed by atoms with E-state index in [-0.39, 0.29) is 0 Å². The number of methoxy groups -OCH3 is 2. The van der Waals surface area contributed by atoms with Gasteiger partial charge in [-0.3, -0.25) is 5.43 Å². The fourth-order valence-corrected chi connectivity index (χ4v) is 3.65. The lowest BCUT2D eigenvalue weighted by atomic mass is 10.1. The molecule has 0 amide bonds. The van der Waals surface area contributed by atoms with Crippen molar-refractivity contribution in [1.29, 1.82) is 0 Å². The van der Waals surface area contributed by atoms with Crippen LogP contribution in [-0.2, 0) is 0 Å². The fourth-order valence-electron chi connectivity index (χ4n) is 2.36. The average molecular weight is 432 g/mol. The van der Waals surface area contributed by atoms with E-state index in [0.29, 0.717) is 11.5 Å². The maximum Gasteiger partial charge on any atom is 0.203 e. The van der Waals surface area contributed by atoms with Crippen LogP contribution in [0.15, 0.2) is 51.4 Å². The molecule has 3 rings (SSSR count). The van der Waals surface area contributed by atoms with Crippen molar-refractivity contribution in [3.8, 4) is 22.8 Å². The summed E-state index contributed by atoms with van der Waals surface area (Å²) in [5.74, 6) is 1.29. The molecule has 1 heterocycles. The molecular formula is C19H18BrN3O2S. The minimum Gasteiger partial charge on any atom is -0.493 e. The first-order valence-electron chi connectivity index (χ1n) is 7.84. The van der Waals surface area contributed by atoms with E-state index in [0.717, 1.165) is 26.4 Å². The number of aromatic nitrogens is 1. The quantitative estimate of drug-likeness (QED) is 0.422. The van der Waals surface area contributed by atoms with Gasteiger partial charge in [0.15, 0.2) is 11.5 Å². The topological polar surface area (TPSA) is 55.7 Å². The Morgan fingerprint density at radius 1 is 1.15 bits per heavy atom. The maximum atomic E-state index is 5.34. The summed E-state index contributed by atoms with van der Waals surface area (Å²) in [6.45, 7) is 2.07. The van der Waals surface area contributed by atoms with Gasteiger partial charge >= 0.3 is 0 Å². The van der Waals surface area contributed by atoms with Crippen molar-refractivity contribution in [3.63, 3.8) is 0 Å². The molecule has 5 nitrogen and oxygen atoms in total. The summed E-state index contributed by atoms with van der Waals surface area (Å²) in [4.78, 5) is 4.56. The second kappa shape index (κ2) is 8.33. The third-order valence-electron chi connectivity index (χ3n) is 3.68. The number of nitrogens with one attached hydrogen (secondary N) is 1. The molecule has 1 aromatic heterocycles. The van der Waals surface area contributed by atoms with Crippen molar-refractivity contribution in [2.75, 3.05) is 19.6 Å². The Bertz CT molecular complexity index is 923. The van der Waals surface area contributed by atoms with Crippen LogP contribution < -0.4 is 14.9 Å². The van der Waals surface area contributed by atoms with Gasteiger partial charge in [-0.1, -0.05) is 29.8 Å². The van der Waals surface area contributed by atoms with Gasteiger partial charge in [-0.25, -0.2) is 4.98 Å². The third kappa shape index (κ3) is 4.23. The second-order valence-electron chi connectivity index (χ2n) is 5.51. The Balaban J connectivity index is 1.71. The Hall–Kier alpha value is -2.38. The largest absolute Gasteiger partial charge is 0.493 e. The van der Waals surface area contributed by atoms with Crippen LogP contribution in [0.5, 0.6) is 11.5 Å². The van der Waals surface area contributed by atoms with E-state index in [1.165, 1.54) is 16.9 Å². The Morgan fingerprint density at radius 2 is 1.92 bits per heavy atom. The van der Waals surface area contributed by atoms with Crippen molar-refractivity contribution in [2.24, 2.45) is 5.10 Å². The Kier molecular flexibility index (Phi) is 5.90. The van der Waals surface area contributed by atoms with Gasteiger partial charge in [-0.05, 0) is 40.5 Å². The number of halogens is 1. The molecule has 0 bridgehead atoms. The summed E-state index contributed by atoms with van der Waals surface area (Å²) >= 11 is 4.98. The van der Waals surface area contributed by atoms with E-state index in [2.05, 4.69) is 62.6 Å². The van der Waals surface area contributed by atoms with Gasteiger partial charge in [-0.2, -0.15) is 5.10 Å². The van der Waals surface area contributed by atoms with Crippen molar-refractivity contribution in [1.82, 2.24) is 4.98 Å². The second-order valence-corrected chi connectivity index (χ2v) is 7.22. The summed E-state index contributed by atoms with van der Waals surface area (Å²) in [6, 6.07) is 12.1. The number of aryl methyl sites for hydroxylation is 1. The van der Waals surface area contributed by atoms with Gasteiger partial charge in [0.25, 0.3) is 0 Å². The number of ether oxygens (including phenoxy) is 2. The van der Waals surface area contributed by atoms with Crippen LogP contribution in [0.2, 0.25) is 0 Å². The Morgan fingerprint density at radius 3 is 2.62 bits per heavy atom. The number of hydrazone groups is 1. The van der Waals surface area contributed by atoms with Crippen LogP contribution in [0.4, 0.5) is 5.13 Å². The van der Waals surface area contributed by atoms with Crippen molar-refractivity contribution < 1.29 is 9.47 Å². The van der Waals surface area contributed by atoms with Crippen LogP contribution in [0, 0.1) is 6.92 Å². The number of anilines is 1. The van der Waals surface area contributed by atoms with Crippen molar-refractivity contribution >= 4 is 38.6 Å². The highest BCUT2D eigenvalue weighted by Gasteiger charge is 2.09. The zero-order valence-corrected chi connectivity index (χ0v) is 17.0. The van der Waals surface area contributed by atoms with Gasteiger partial charge in [0, 0.05) is 10.9 Å². The molecule has 2 aromatic carbocycles. The normalized spacial score (nSPS) is 10.9. The lowest BCUT2D eigenvalue weighted by Gasteiger charge is -2.10. The molecule has 0 aliphatic heterocycles. The fraction of sp³-hybridized carbons (Fsp3) is 0.158. The molecule has 0 saturated heterocycles. The minimum atomic E-state index is 0.638. The van der Waals surface area contributed by atoms with Gasteiger partial charge in [0.1, 0.15) is 0 Å². The summed E-state index contributed by atoms with van der Waals surface area (Å²) in [6.07, 6.45) is 1.71. The predicted molar refractivity (Wildman–Crippen MR) is 111 cm³/mol. The first kappa shape index (κ1) is 18.4. The SMILES string of the molecule is COc1cc(/C=N\Nc2nc(-c3ccc(C)cc3)cs2)cc(Br)c1OC. The average Bonchev–Trinajstić information content (AvgIpc) is 3.10. The van der Waals surface area contributed by atoms with E-state index in [9.17, 15) is 0 Å². The van der Waals surface area contributed by atoms with Crippen LogP contribution in [0.25, 0.3) is 11.3 Å². The van der Waals surface area contributed by atoms with Crippen LogP contribution >= 0.6 is 27.3 Å². The first-order valence-corrected chi connectivity index (χ1v) is 9.51. The number of hydrogen-bond acceptors (Lipinski definition) is 6. The lowest BCUT2D eigenvalue weighted by Crippen LogP contribution is -1.95. The molecule has 0 fully saturated rings. The molecule has 0 radical (unpaired) electrons. The zero-order chi connectivity index (χ0) is 18.5. The predicted octanol–water partition coefficient (Wildman–Crippen LogP) is 5.34. The monoisotopic (exact) mass is 431 g/mol. The molecule has 0 spiro atoms. The molecule has 1 N–H and O–H groups in total. The summed E-state index contributed by atoms with van der Waals surface area (Å²) in [5, 5.41) is 7.00. The molecule has 0 aliphatic carbocycles. The molecule has 7 heteroatoms. The Labute approximate surface area is 164 Å². The summed E-state index contributed by atoms with van der Waals surface area (Å²) in [7, 11) is 3.21. The van der Waals surface area contributed by atoms with Gasteiger partial charge < -0.3 is 9.47 Å². The van der Waals surface area contributed by atoms with E-state index in [1.54, 1.807) is 20.4 Å². The van der Waals surface area contributed by atoms with Crippen LogP contribution in [0.1, 0.15) is 11.1 Å². The number of benzene rings is 2. The molecule has 3 aromatic rings. The highest BCUT2D eigenvalue weighted by molar-refractivity contribution is 9.10. The standard InChI is InChI=1S/C19H18BrN3O2S/c1-12-4-6-14(7-5-12)16-11-26-19(22-16)23-21-10-13-8-15(20)18(25-3)17(9-13)24-2/h4-11H,1-3H3,(H,22,23)/b21-10-. The number of nitrogens with zero attached hydrogens (tertiary/aromatic N) is 2. The van der Waals surface area contributed by atoms with Crippen molar-refractivity contribution in [2.45, 2.75) is 6.92 Å². The molecule has 26 heavy (non-hydrogen) atoms. The van der Waals surface area contributed by atoms with E-state index < -0.39 is 0 Å². The summed E-state index contributed by atoms with van der Waals surface area (Å²) < 4.78 is 11.4. The molecule has 0 saturated carbocycles. The lowest BCUT2D eigenvalue weighted by molar-refractivity contribution is 0.353. The minimum absolute atomic E-state index is 0.638. The summed E-state index contributed by atoms with van der Waals surface area (Å²) in [5.41, 5.74) is 7.09. The highest BCUT2D eigenvalue weighted by Crippen LogP contribution is 2.35. The van der Waals surface area contributed by atoms with Crippen LogP contribution in [0.3, 0.4) is 0 Å². The number of hydrogen-bond donors (Lipinski definition) is 1. The van der Waals surface area contributed by atoms with Gasteiger partial charge in [-0.15, -0.1) is 11.3 Å². The zero-order valence-electron chi connectivity index (χ0n) is 14.6. The highest BCUT2D eigenvalue weighted by atomic mass is 79.9. The van der Waals surface area contributed by atoms with Gasteiger partial charge in [0.2, 0.25) is 5.13 Å². The van der Waals surface area contributed by atoms with E-state index in [1.807, 2.05) is 17.5 Å². The van der Waals surface area contributed by atoms with Crippen molar-refractivity contribution in [3.05, 3.63) is 57.4 Å². The smallest absolute Gasteiger partial charge is 0.203 e. The first-order chi connectivity index (χ1) is 12.6. The number of thiazole rings is 1. The van der Waals surface area contributed by atoms with E-state index >= 15 is 0 Å². The van der Waals surface area contributed by atoms with Gasteiger partial charge in [0.05, 0.1) is 30.6 Å².